The highest BCUT2D eigenvalue weighted by Gasteiger charge is 2.75. The number of imide groups is 1. The molecule has 6 aromatic rings. The maximum Gasteiger partial charge on any atom is 0.329 e. The molecule has 3 fully saturated rings. The number of esters is 1. The standard InChI is InChI=1S/C58H55N5O9/c1-38(40-15-5-2-6-16-40)59-57(69)62-48-28-23-39(14-11-12-31-64)36-47(48)58(56(62)68)49(54(66)60-44-24-26-45(27-25-44)61-29-33-70-34-30-61)51-55(67)72-52(42-19-9-4-10-20-42)50(41-17-7-3-8-18-41)63(51)53(58)43-21-13-22-46(37-43)71-35-32-65/h2-10,13,15-28,36-38,49-53,64-65H,12,29-35H2,1H3,(H,59,69)(H,60,66). The van der Waals surface area contributed by atoms with Crippen molar-refractivity contribution >= 4 is 40.9 Å². The number of anilines is 3. The molecule has 6 aromatic carbocycles. The summed E-state index contributed by atoms with van der Waals surface area (Å²) in [5.41, 5.74) is 3.00. The van der Waals surface area contributed by atoms with Gasteiger partial charge in [0, 0.05) is 36.4 Å². The van der Waals surface area contributed by atoms with Crippen LogP contribution in [0.2, 0.25) is 0 Å². The number of rotatable bonds is 12. The van der Waals surface area contributed by atoms with Gasteiger partial charge in [-0.2, -0.15) is 0 Å². The molecule has 14 nitrogen and oxygen atoms in total. The zero-order valence-corrected chi connectivity index (χ0v) is 39.7. The highest BCUT2D eigenvalue weighted by molar-refractivity contribution is 6.25. The molecule has 4 aliphatic rings. The van der Waals surface area contributed by atoms with E-state index in [1.807, 2.05) is 121 Å². The number of hydrogen-bond donors (Lipinski definition) is 4. The van der Waals surface area contributed by atoms with Crippen molar-refractivity contribution in [3.8, 4) is 17.6 Å². The number of nitrogens with one attached hydrogen (secondary N) is 2. The van der Waals surface area contributed by atoms with Crippen molar-refractivity contribution in [3.63, 3.8) is 0 Å². The smallest absolute Gasteiger partial charge is 0.329 e. The predicted molar refractivity (Wildman–Crippen MR) is 271 cm³/mol. The fourth-order valence-corrected chi connectivity index (χ4v) is 11.0. The Hall–Kier alpha value is -7.80. The lowest BCUT2D eigenvalue weighted by atomic mass is 9.65. The number of amides is 4. The van der Waals surface area contributed by atoms with Gasteiger partial charge in [-0.1, -0.05) is 115 Å². The minimum atomic E-state index is -2.06. The van der Waals surface area contributed by atoms with Crippen LogP contribution in [-0.2, 0) is 29.3 Å². The molecule has 0 aromatic heterocycles. The number of hydrogen-bond acceptors (Lipinski definition) is 11. The van der Waals surface area contributed by atoms with Crippen LogP contribution in [0.1, 0.15) is 71.0 Å². The summed E-state index contributed by atoms with van der Waals surface area (Å²) in [6.45, 7) is 3.95. The van der Waals surface area contributed by atoms with E-state index in [9.17, 15) is 10.2 Å². The first-order valence-electron chi connectivity index (χ1n) is 24.3. The number of aliphatic hydroxyl groups is 2. The number of carbonyl (C=O) groups is 4. The number of aliphatic hydroxyl groups excluding tert-OH is 2. The molecule has 4 N–H and O–H groups in total. The van der Waals surface area contributed by atoms with E-state index in [1.165, 1.54) is 0 Å². The Bertz CT molecular complexity index is 3000. The lowest BCUT2D eigenvalue weighted by molar-refractivity contribution is -0.177. The molecular weight excluding hydrogens is 911 g/mol. The Labute approximate surface area is 418 Å². The molecule has 4 heterocycles. The largest absolute Gasteiger partial charge is 0.491 e. The summed E-state index contributed by atoms with van der Waals surface area (Å²) < 4.78 is 18.3. The number of cyclic esters (lactones) is 1. The van der Waals surface area contributed by atoms with Crippen molar-refractivity contribution in [2.45, 2.75) is 49.0 Å². The number of urea groups is 1. The predicted octanol–water partition coefficient (Wildman–Crippen LogP) is 7.40. The van der Waals surface area contributed by atoms with Crippen LogP contribution < -0.4 is 25.2 Å². The number of morpholine rings is 2. The van der Waals surface area contributed by atoms with Gasteiger partial charge in [0.25, 0.3) is 0 Å². The van der Waals surface area contributed by atoms with Crippen LogP contribution in [0.15, 0.2) is 158 Å². The molecule has 366 valence electrons. The first-order chi connectivity index (χ1) is 35.2. The second kappa shape index (κ2) is 20.9. The summed E-state index contributed by atoms with van der Waals surface area (Å²) in [5.74, 6) is 2.81. The highest BCUT2D eigenvalue weighted by Crippen LogP contribution is 2.66. The summed E-state index contributed by atoms with van der Waals surface area (Å²) in [7, 11) is 0. The molecule has 10 rings (SSSR count). The van der Waals surface area contributed by atoms with E-state index in [4.69, 9.17) is 14.2 Å². The Morgan fingerprint density at radius 3 is 2.15 bits per heavy atom. The third-order valence-corrected chi connectivity index (χ3v) is 14.1. The Balaban J connectivity index is 1.23. The van der Waals surface area contributed by atoms with Gasteiger partial charge in [-0.15, -0.1) is 0 Å². The fraction of sp³-hybridized carbons (Fsp3) is 0.276. The van der Waals surface area contributed by atoms with Crippen molar-refractivity contribution in [3.05, 3.63) is 191 Å². The van der Waals surface area contributed by atoms with Gasteiger partial charge in [-0.25, -0.2) is 9.69 Å². The minimum absolute atomic E-state index is 0.0266. The SMILES string of the molecule is CC(NC(=O)N1C(=O)C2(c3cc(C#CCCO)ccc31)C(C(=O)Nc1ccc(N3CCOCC3)cc1)C1C(=O)OC(c3ccccc3)C(c3ccccc3)N1C2c1cccc(OCCO)c1)c1ccccc1. The summed E-state index contributed by atoms with van der Waals surface area (Å²) in [4.78, 5) is 68.8. The maximum absolute atomic E-state index is 16.7. The lowest BCUT2D eigenvalue weighted by Gasteiger charge is -2.46. The second-order valence-electron chi connectivity index (χ2n) is 18.3. The molecule has 7 unspecified atom stereocenters. The number of carbonyl (C=O) groups excluding carboxylic acids is 4. The molecule has 4 aliphatic heterocycles. The van der Waals surface area contributed by atoms with Gasteiger partial charge in [-0.05, 0) is 89.3 Å². The Morgan fingerprint density at radius 1 is 0.778 bits per heavy atom. The lowest BCUT2D eigenvalue weighted by Crippen LogP contribution is -2.55. The van der Waals surface area contributed by atoms with Crippen LogP contribution in [0.3, 0.4) is 0 Å². The zero-order chi connectivity index (χ0) is 49.8. The molecule has 14 heteroatoms. The summed E-state index contributed by atoms with van der Waals surface area (Å²) in [5, 5.41) is 25.8. The monoisotopic (exact) mass is 965 g/mol. The third kappa shape index (κ3) is 8.86. The Morgan fingerprint density at radius 2 is 1.46 bits per heavy atom. The highest BCUT2D eigenvalue weighted by atomic mass is 16.6. The van der Waals surface area contributed by atoms with E-state index in [1.54, 1.807) is 48.5 Å². The molecule has 1 spiro atoms. The molecule has 0 bridgehead atoms. The second-order valence-corrected chi connectivity index (χ2v) is 18.3. The van der Waals surface area contributed by atoms with E-state index in [0.29, 0.717) is 60.0 Å². The Kier molecular flexibility index (Phi) is 13.9. The number of benzene rings is 6. The van der Waals surface area contributed by atoms with Crippen LogP contribution >= 0.6 is 0 Å². The summed E-state index contributed by atoms with van der Waals surface area (Å²) >= 11 is 0. The van der Waals surface area contributed by atoms with E-state index in [0.717, 1.165) is 21.7 Å². The zero-order valence-electron chi connectivity index (χ0n) is 39.7. The molecule has 0 saturated carbocycles. The van der Waals surface area contributed by atoms with Crippen LogP contribution in [0.4, 0.5) is 21.9 Å². The van der Waals surface area contributed by atoms with E-state index >= 15 is 19.2 Å². The molecule has 4 amide bonds. The third-order valence-electron chi connectivity index (χ3n) is 14.1. The normalized spacial score (nSPS) is 22.8. The van der Waals surface area contributed by atoms with Crippen LogP contribution in [0.25, 0.3) is 0 Å². The quantitative estimate of drug-likeness (QED) is 0.0712. The average molecular weight is 966 g/mol. The van der Waals surface area contributed by atoms with Gasteiger partial charge >= 0.3 is 12.0 Å². The van der Waals surface area contributed by atoms with Crippen LogP contribution in [-0.4, -0.2) is 91.1 Å². The molecule has 3 saturated heterocycles. The first-order valence-corrected chi connectivity index (χ1v) is 24.3. The topological polar surface area (TPSA) is 170 Å². The van der Waals surface area contributed by atoms with Crippen molar-refractivity contribution < 1.29 is 43.6 Å². The van der Waals surface area contributed by atoms with Crippen molar-refractivity contribution in [1.82, 2.24) is 10.2 Å². The van der Waals surface area contributed by atoms with E-state index < -0.39 is 65.4 Å². The van der Waals surface area contributed by atoms with Gasteiger partial charge in [-0.3, -0.25) is 19.3 Å². The molecule has 72 heavy (non-hydrogen) atoms. The van der Waals surface area contributed by atoms with E-state index in [-0.39, 0.29) is 31.9 Å². The van der Waals surface area contributed by atoms with Crippen molar-refractivity contribution in [2.75, 3.05) is 61.2 Å². The van der Waals surface area contributed by atoms with Crippen molar-refractivity contribution in [2.24, 2.45) is 5.92 Å². The molecule has 0 radical (unpaired) electrons. The van der Waals surface area contributed by atoms with Crippen LogP contribution in [0.5, 0.6) is 5.75 Å². The summed E-state index contributed by atoms with van der Waals surface area (Å²) in [6.07, 6.45) is -0.759. The van der Waals surface area contributed by atoms with Crippen LogP contribution in [0, 0.1) is 17.8 Å². The number of fused-ring (bicyclic) bond motifs is 3. The average Bonchev–Trinajstić information content (AvgIpc) is 3.88. The molecule has 0 aliphatic carbocycles. The van der Waals surface area contributed by atoms with Gasteiger partial charge in [0.05, 0.1) is 56.2 Å². The number of nitrogens with zero attached hydrogens (tertiary/aromatic N) is 3. The minimum Gasteiger partial charge on any atom is -0.491 e. The van der Waals surface area contributed by atoms with Gasteiger partial charge in [0.2, 0.25) is 11.8 Å². The molecular formula is C58H55N5O9. The van der Waals surface area contributed by atoms with Gasteiger partial charge < -0.3 is 40.0 Å². The van der Waals surface area contributed by atoms with Crippen molar-refractivity contribution in [1.29, 1.82) is 0 Å². The first kappa shape index (κ1) is 47.9. The van der Waals surface area contributed by atoms with E-state index in [2.05, 4.69) is 27.4 Å². The fourth-order valence-electron chi connectivity index (χ4n) is 11.0. The van der Waals surface area contributed by atoms with Gasteiger partial charge in [0.15, 0.2) is 0 Å². The van der Waals surface area contributed by atoms with Gasteiger partial charge in [0.1, 0.15) is 29.9 Å². The molecule has 7 atom stereocenters. The summed E-state index contributed by atoms with van der Waals surface area (Å²) in [6, 6.07) is 43.2. The maximum atomic E-state index is 16.7. The number of ether oxygens (including phenoxy) is 3.